The third-order valence-electron chi connectivity index (χ3n) is 4.14. The van der Waals surface area contributed by atoms with Crippen LogP contribution in [0, 0.1) is 0 Å². The third-order valence-corrected chi connectivity index (χ3v) is 4.14. The Morgan fingerprint density at radius 3 is 1.91 bits per heavy atom. The highest BCUT2D eigenvalue weighted by Crippen LogP contribution is 2.35. The third kappa shape index (κ3) is 2.38. The lowest BCUT2D eigenvalue weighted by atomic mass is 9.93. The summed E-state index contributed by atoms with van der Waals surface area (Å²) in [5.74, 6) is -0.199. The van der Waals surface area contributed by atoms with E-state index in [-0.39, 0.29) is 11.7 Å². The topological polar surface area (TPSA) is 29.4 Å². The maximum absolute atomic E-state index is 12.9. The van der Waals surface area contributed by atoms with Gasteiger partial charge in [0.2, 0.25) is 0 Å². The lowest BCUT2D eigenvalue weighted by Gasteiger charge is -2.11. The first-order valence-electron chi connectivity index (χ1n) is 7.67. The second-order valence-corrected chi connectivity index (χ2v) is 5.59. The molecule has 1 aliphatic rings. The second kappa shape index (κ2) is 5.65. The van der Waals surface area contributed by atoms with Crippen LogP contribution >= 0.6 is 0 Å². The maximum atomic E-state index is 12.9. The summed E-state index contributed by atoms with van der Waals surface area (Å²) < 4.78 is 0. The van der Waals surface area contributed by atoms with E-state index in [0.29, 0.717) is 0 Å². The van der Waals surface area contributed by atoms with Crippen LogP contribution in [-0.4, -0.2) is 11.5 Å². The number of rotatable bonds is 2. The standard InChI is InChI=1S/C21H15NO/c23-21-18-14-8-7-13-17(18)20(22-16-11-5-2-6-12-16)19(21)15-9-3-1-4-10-15/h1-14,19H. The molecule has 0 aromatic heterocycles. The Morgan fingerprint density at radius 2 is 1.22 bits per heavy atom. The van der Waals surface area contributed by atoms with E-state index in [1.165, 1.54) is 0 Å². The molecule has 0 saturated carbocycles. The molecule has 23 heavy (non-hydrogen) atoms. The van der Waals surface area contributed by atoms with Gasteiger partial charge in [-0.05, 0) is 17.7 Å². The summed E-state index contributed by atoms with van der Waals surface area (Å²) in [6, 6.07) is 27.4. The van der Waals surface area contributed by atoms with Gasteiger partial charge in [0.15, 0.2) is 5.78 Å². The van der Waals surface area contributed by atoms with Gasteiger partial charge in [0.05, 0.1) is 17.3 Å². The van der Waals surface area contributed by atoms with Crippen LogP contribution in [0.1, 0.15) is 27.4 Å². The molecule has 110 valence electrons. The Kier molecular flexibility index (Phi) is 3.35. The summed E-state index contributed by atoms with van der Waals surface area (Å²) >= 11 is 0. The normalized spacial score (nSPS) is 18.2. The highest BCUT2D eigenvalue weighted by Gasteiger charge is 2.37. The zero-order valence-corrected chi connectivity index (χ0v) is 12.5. The molecule has 4 rings (SSSR count). The van der Waals surface area contributed by atoms with Crippen LogP contribution in [0.3, 0.4) is 0 Å². The molecule has 2 heteroatoms. The number of ketones is 1. The average molecular weight is 297 g/mol. The lowest BCUT2D eigenvalue weighted by molar-refractivity contribution is 0.0988. The molecule has 0 fully saturated rings. The zero-order chi connectivity index (χ0) is 15.6. The van der Waals surface area contributed by atoms with E-state index >= 15 is 0 Å². The molecule has 0 spiro atoms. The Labute approximate surface area is 135 Å². The fourth-order valence-corrected chi connectivity index (χ4v) is 3.08. The monoisotopic (exact) mass is 297 g/mol. The van der Waals surface area contributed by atoms with Gasteiger partial charge in [-0.1, -0.05) is 72.8 Å². The largest absolute Gasteiger partial charge is 0.293 e. The first-order chi connectivity index (χ1) is 11.3. The van der Waals surface area contributed by atoms with Crippen molar-refractivity contribution in [2.24, 2.45) is 4.99 Å². The molecular weight excluding hydrogens is 282 g/mol. The fraction of sp³-hybridized carbons (Fsp3) is 0.0476. The van der Waals surface area contributed by atoms with Gasteiger partial charge < -0.3 is 0 Å². The number of carbonyl (C=O) groups is 1. The minimum Gasteiger partial charge on any atom is -0.293 e. The summed E-state index contributed by atoms with van der Waals surface area (Å²) in [6.07, 6.45) is 0. The van der Waals surface area contributed by atoms with Crippen molar-refractivity contribution < 1.29 is 4.79 Å². The van der Waals surface area contributed by atoms with Crippen LogP contribution in [0.2, 0.25) is 0 Å². The summed E-state index contributed by atoms with van der Waals surface area (Å²) in [5, 5.41) is 0. The first-order valence-corrected chi connectivity index (χ1v) is 7.67. The number of benzene rings is 3. The quantitative estimate of drug-likeness (QED) is 0.669. The van der Waals surface area contributed by atoms with Crippen molar-refractivity contribution in [3.63, 3.8) is 0 Å². The maximum Gasteiger partial charge on any atom is 0.176 e. The smallest absolute Gasteiger partial charge is 0.176 e. The number of hydrogen-bond acceptors (Lipinski definition) is 2. The average Bonchev–Trinajstić information content (AvgIpc) is 2.89. The number of aliphatic imine (C=N–C) groups is 1. The Morgan fingerprint density at radius 1 is 0.652 bits per heavy atom. The number of hydrogen-bond donors (Lipinski definition) is 0. The Hall–Kier alpha value is -3.00. The molecule has 1 unspecified atom stereocenters. The molecule has 3 aromatic rings. The van der Waals surface area contributed by atoms with E-state index in [0.717, 1.165) is 28.1 Å². The number of nitrogens with zero attached hydrogens (tertiary/aromatic N) is 1. The van der Waals surface area contributed by atoms with E-state index < -0.39 is 0 Å². The second-order valence-electron chi connectivity index (χ2n) is 5.59. The van der Waals surface area contributed by atoms with Gasteiger partial charge in [-0.2, -0.15) is 0 Å². The number of para-hydroxylation sites is 1. The van der Waals surface area contributed by atoms with Crippen LogP contribution in [0.25, 0.3) is 0 Å². The zero-order valence-electron chi connectivity index (χ0n) is 12.5. The van der Waals surface area contributed by atoms with E-state index in [9.17, 15) is 4.79 Å². The molecule has 0 radical (unpaired) electrons. The van der Waals surface area contributed by atoms with E-state index in [1.54, 1.807) is 0 Å². The molecule has 0 N–H and O–H groups in total. The molecule has 0 bridgehead atoms. The highest BCUT2D eigenvalue weighted by atomic mass is 16.1. The molecular formula is C21H15NO. The predicted molar refractivity (Wildman–Crippen MR) is 92.6 cm³/mol. The molecule has 1 atom stereocenters. The number of fused-ring (bicyclic) bond motifs is 1. The van der Waals surface area contributed by atoms with Crippen LogP contribution < -0.4 is 0 Å². The number of carbonyl (C=O) groups excluding carboxylic acids is 1. The predicted octanol–water partition coefficient (Wildman–Crippen LogP) is 4.79. The molecule has 0 aliphatic heterocycles. The van der Waals surface area contributed by atoms with Crippen molar-refractivity contribution >= 4 is 17.2 Å². The van der Waals surface area contributed by atoms with Gasteiger partial charge in [0, 0.05) is 11.1 Å². The summed E-state index contributed by atoms with van der Waals surface area (Å²) in [6.45, 7) is 0. The van der Waals surface area contributed by atoms with E-state index in [1.807, 2.05) is 84.9 Å². The molecule has 0 amide bonds. The van der Waals surface area contributed by atoms with Crippen molar-refractivity contribution in [1.29, 1.82) is 0 Å². The summed E-state index contributed by atoms with van der Waals surface area (Å²) in [4.78, 5) is 17.7. The Balaban J connectivity index is 1.91. The molecule has 0 saturated heterocycles. The van der Waals surface area contributed by atoms with E-state index in [2.05, 4.69) is 0 Å². The van der Waals surface area contributed by atoms with Gasteiger partial charge in [-0.25, -0.2) is 0 Å². The highest BCUT2D eigenvalue weighted by molar-refractivity contribution is 6.32. The van der Waals surface area contributed by atoms with Gasteiger partial charge in [-0.15, -0.1) is 0 Å². The SMILES string of the molecule is O=C1c2ccccc2C(=Nc2ccccc2)C1c1ccccc1. The Bertz CT molecular complexity index is 882. The molecule has 0 heterocycles. The van der Waals surface area contributed by atoms with Crippen LogP contribution in [0.4, 0.5) is 5.69 Å². The van der Waals surface area contributed by atoms with Crippen molar-refractivity contribution in [3.8, 4) is 0 Å². The van der Waals surface area contributed by atoms with Crippen molar-refractivity contribution in [3.05, 3.63) is 102 Å². The fourth-order valence-electron chi connectivity index (χ4n) is 3.08. The minimum atomic E-state index is -0.325. The van der Waals surface area contributed by atoms with Gasteiger partial charge >= 0.3 is 0 Å². The first kappa shape index (κ1) is 13.6. The van der Waals surface area contributed by atoms with Crippen LogP contribution in [0.15, 0.2) is 89.9 Å². The molecule has 1 aliphatic carbocycles. The van der Waals surface area contributed by atoms with Crippen molar-refractivity contribution in [1.82, 2.24) is 0 Å². The van der Waals surface area contributed by atoms with Crippen LogP contribution in [0.5, 0.6) is 0 Å². The lowest BCUT2D eigenvalue weighted by Crippen LogP contribution is -2.13. The van der Waals surface area contributed by atoms with Crippen molar-refractivity contribution in [2.45, 2.75) is 5.92 Å². The van der Waals surface area contributed by atoms with E-state index in [4.69, 9.17) is 4.99 Å². The van der Waals surface area contributed by atoms with Gasteiger partial charge in [-0.3, -0.25) is 9.79 Å². The van der Waals surface area contributed by atoms with Gasteiger partial charge in [0.25, 0.3) is 0 Å². The molecule has 2 nitrogen and oxygen atoms in total. The van der Waals surface area contributed by atoms with Crippen LogP contribution in [-0.2, 0) is 0 Å². The number of Topliss-reactive ketones (excluding diaryl/α,β-unsaturated/α-hetero) is 1. The van der Waals surface area contributed by atoms with Crippen molar-refractivity contribution in [2.75, 3.05) is 0 Å². The summed E-state index contributed by atoms with van der Waals surface area (Å²) in [7, 11) is 0. The molecule has 3 aromatic carbocycles. The summed E-state index contributed by atoms with van der Waals surface area (Å²) in [5.41, 5.74) is 4.39. The minimum absolute atomic E-state index is 0.126. The van der Waals surface area contributed by atoms with Gasteiger partial charge in [0.1, 0.15) is 0 Å².